The summed E-state index contributed by atoms with van der Waals surface area (Å²) in [5, 5.41) is 3.65. The molecule has 0 aliphatic carbocycles. The number of nitrogens with one attached hydrogen (secondary N) is 1. The van der Waals surface area contributed by atoms with Gasteiger partial charge in [0.15, 0.2) is 0 Å². The predicted molar refractivity (Wildman–Crippen MR) is 119 cm³/mol. The van der Waals surface area contributed by atoms with E-state index in [-0.39, 0.29) is 23.7 Å². The molecule has 2 aromatic carbocycles. The summed E-state index contributed by atoms with van der Waals surface area (Å²) in [4.78, 5) is 39.3. The van der Waals surface area contributed by atoms with Crippen molar-refractivity contribution in [1.82, 2.24) is 9.27 Å². The molecule has 0 atom stereocenters. The summed E-state index contributed by atoms with van der Waals surface area (Å²) in [6.45, 7) is 3.17. The standard InChI is InChI=1S/C23H23N3O4S/c1-2-30-23(29)15-10-12-26(13-11-15)22(28)16-6-5-7-17(14-16)24-21(27)20-18-8-3-4-9-19(18)31-25-20/h3-9,14-15H,2,10-13H2,1H3,(H,24,27). The summed E-state index contributed by atoms with van der Waals surface area (Å²) in [5.41, 5.74) is 1.41. The van der Waals surface area contributed by atoms with E-state index in [1.54, 1.807) is 36.1 Å². The summed E-state index contributed by atoms with van der Waals surface area (Å²) in [6, 6.07) is 14.5. The normalized spacial score (nSPS) is 14.4. The SMILES string of the molecule is CCOC(=O)C1CCN(C(=O)c2cccc(NC(=O)c3nsc4ccccc34)c2)CC1. The van der Waals surface area contributed by atoms with Crippen molar-refractivity contribution < 1.29 is 19.1 Å². The van der Waals surface area contributed by atoms with Crippen molar-refractivity contribution in [3.05, 3.63) is 59.8 Å². The number of carbonyl (C=O) groups excluding carboxylic acids is 3. The third kappa shape index (κ3) is 4.59. The van der Waals surface area contributed by atoms with E-state index < -0.39 is 0 Å². The first-order valence-corrected chi connectivity index (χ1v) is 11.1. The maximum Gasteiger partial charge on any atom is 0.309 e. The number of esters is 1. The van der Waals surface area contributed by atoms with Gasteiger partial charge in [-0.1, -0.05) is 24.3 Å². The molecule has 0 radical (unpaired) electrons. The van der Waals surface area contributed by atoms with Crippen LogP contribution >= 0.6 is 11.5 Å². The van der Waals surface area contributed by atoms with Gasteiger partial charge in [-0.25, -0.2) is 0 Å². The Morgan fingerprint density at radius 3 is 2.68 bits per heavy atom. The number of hydrogen-bond donors (Lipinski definition) is 1. The van der Waals surface area contributed by atoms with Gasteiger partial charge < -0.3 is 15.0 Å². The van der Waals surface area contributed by atoms with Crippen molar-refractivity contribution in [2.75, 3.05) is 25.0 Å². The molecular formula is C23H23N3O4S. The van der Waals surface area contributed by atoms with Crippen LogP contribution in [0.25, 0.3) is 10.1 Å². The summed E-state index contributed by atoms with van der Waals surface area (Å²) in [5.74, 6) is -0.758. The Hall–Kier alpha value is -3.26. The van der Waals surface area contributed by atoms with Crippen LogP contribution in [0.4, 0.5) is 5.69 Å². The van der Waals surface area contributed by atoms with Gasteiger partial charge in [0.25, 0.3) is 11.8 Å². The number of anilines is 1. The number of ether oxygens (including phenoxy) is 1. The molecule has 160 valence electrons. The van der Waals surface area contributed by atoms with Crippen LogP contribution in [0.1, 0.15) is 40.6 Å². The van der Waals surface area contributed by atoms with E-state index in [1.165, 1.54) is 11.5 Å². The molecule has 0 bridgehead atoms. The summed E-state index contributed by atoms with van der Waals surface area (Å²) in [7, 11) is 0. The number of fused-ring (bicyclic) bond motifs is 1. The molecule has 1 aromatic heterocycles. The van der Waals surface area contributed by atoms with Gasteiger partial charge in [-0.2, -0.15) is 4.37 Å². The zero-order valence-corrected chi connectivity index (χ0v) is 18.0. The van der Waals surface area contributed by atoms with Gasteiger partial charge in [-0.05, 0) is 55.6 Å². The Morgan fingerprint density at radius 1 is 1.13 bits per heavy atom. The van der Waals surface area contributed by atoms with E-state index in [0.29, 0.717) is 49.5 Å². The van der Waals surface area contributed by atoms with Crippen LogP contribution in [0.5, 0.6) is 0 Å². The van der Waals surface area contributed by atoms with Crippen LogP contribution in [0.15, 0.2) is 48.5 Å². The van der Waals surface area contributed by atoms with E-state index in [0.717, 1.165) is 10.1 Å². The lowest BCUT2D eigenvalue weighted by molar-refractivity contribution is -0.149. The van der Waals surface area contributed by atoms with Gasteiger partial charge in [0.1, 0.15) is 5.69 Å². The molecule has 0 spiro atoms. The van der Waals surface area contributed by atoms with Gasteiger partial charge in [0.05, 0.1) is 17.2 Å². The molecule has 4 rings (SSSR count). The largest absolute Gasteiger partial charge is 0.466 e. The van der Waals surface area contributed by atoms with Crippen LogP contribution < -0.4 is 5.32 Å². The number of likely N-dealkylation sites (tertiary alicyclic amines) is 1. The van der Waals surface area contributed by atoms with Crippen molar-refractivity contribution in [3.8, 4) is 0 Å². The monoisotopic (exact) mass is 437 g/mol. The zero-order valence-electron chi connectivity index (χ0n) is 17.2. The number of benzene rings is 2. The Kier molecular flexibility index (Phi) is 6.27. The van der Waals surface area contributed by atoms with Crippen LogP contribution in [0.2, 0.25) is 0 Å². The van der Waals surface area contributed by atoms with Gasteiger partial charge >= 0.3 is 5.97 Å². The van der Waals surface area contributed by atoms with Crippen LogP contribution in [-0.2, 0) is 9.53 Å². The minimum absolute atomic E-state index is 0.113. The maximum absolute atomic E-state index is 12.9. The maximum atomic E-state index is 12.9. The average molecular weight is 438 g/mol. The molecule has 2 amide bonds. The first-order valence-electron chi connectivity index (χ1n) is 10.3. The van der Waals surface area contributed by atoms with Crippen LogP contribution in [0, 0.1) is 5.92 Å². The molecule has 1 fully saturated rings. The van der Waals surface area contributed by atoms with E-state index >= 15 is 0 Å². The highest BCUT2D eigenvalue weighted by Gasteiger charge is 2.28. The third-order valence-corrected chi connectivity index (χ3v) is 6.19. The molecule has 7 nitrogen and oxygen atoms in total. The number of carbonyl (C=O) groups is 3. The Bertz CT molecular complexity index is 1120. The lowest BCUT2D eigenvalue weighted by Gasteiger charge is -2.31. The van der Waals surface area contributed by atoms with Gasteiger partial charge in [0, 0.05) is 29.7 Å². The molecular weight excluding hydrogens is 414 g/mol. The number of nitrogens with zero attached hydrogens (tertiary/aromatic N) is 2. The van der Waals surface area contributed by atoms with Crippen molar-refractivity contribution in [3.63, 3.8) is 0 Å². The molecule has 1 saturated heterocycles. The molecule has 1 aliphatic rings. The summed E-state index contributed by atoms with van der Waals surface area (Å²) < 4.78 is 10.3. The Labute approximate surface area is 184 Å². The number of amides is 2. The van der Waals surface area contributed by atoms with E-state index in [9.17, 15) is 14.4 Å². The molecule has 2 heterocycles. The zero-order chi connectivity index (χ0) is 21.8. The van der Waals surface area contributed by atoms with Gasteiger partial charge in [0.2, 0.25) is 0 Å². The second-order valence-electron chi connectivity index (χ2n) is 7.38. The van der Waals surface area contributed by atoms with Crippen LogP contribution in [0.3, 0.4) is 0 Å². The molecule has 8 heteroatoms. The topological polar surface area (TPSA) is 88.6 Å². The first-order chi connectivity index (χ1) is 15.1. The fourth-order valence-electron chi connectivity index (χ4n) is 3.73. The van der Waals surface area contributed by atoms with Crippen LogP contribution in [-0.4, -0.2) is 46.8 Å². The van der Waals surface area contributed by atoms with Crippen molar-refractivity contribution in [1.29, 1.82) is 0 Å². The Morgan fingerprint density at radius 2 is 1.90 bits per heavy atom. The fourth-order valence-corrected chi connectivity index (χ4v) is 4.50. The highest BCUT2D eigenvalue weighted by atomic mass is 32.1. The lowest BCUT2D eigenvalue weighted by atomic mass is 9.96. The molecule has 1 aliphatic heterocycles. The smallest absolute Gasteiger partial charge is 0.309 e. The molecule has 0 saturated carbocycles. The number of hydrogen-bond acceptors (Lipinski definition) is 6. The second kappa shape index (κ2) is 9.26. The second-order valence-corrected chi connectivity index (χ2v) is 8.19. The van der Waals surface area contributed by atoms with Gasteiger partial charge in [-0.15, -0.1) is 0 Å². The highest BCUT2D eigenvalue weighted by molar-refractivity contribution is 7.13. The summed E-state index contributed by atoms with van der Waals surface area (Å²) in [6.07, 6.45) is 1.19. The fraction of sp³-hybridized carbons (Fsp3) is 0.304. The van der Waals surface area contributed by atoms with E-state index in [4.69, 9.17) is 4.74 Å². The number of aromatic nitrogens is 1. The molecule has 0 unspecified atom stereocenters. The highest BCUT2D eigenvalue weighted by Crippen LogP contribution is 2.24. The molecule has 1 N–H and O–H groups in total. The van der Waals surface area contributed by atoms with E-state index in [1.807, 2.05) is 24.3 Å². The molecule has 31 heavy (non-hydrogen) atoms. The number of rotatable bonds is 5. The van der Waals surface area contributed by atoms with Crippen molar-refractivity contribution >= 4 is 45.1 Å². The van der Waals surface area contributed by atoms with Crippen molar-refractivity contribution in [2.45, 2.75) is 19.8 Å². The predicted octanol–water partition coefficient (Wildman–Crippen LogP) is 3.96. The van der Waals surface area contributed by atoms with E-state index in [2.05, 4.69) is 9.69 Å². The minimum atomic E-state index is -0.308. The first kappa shape index (κ1) is 21.0. The summed E-state index contributed by atoms with van der Waals surface area (Å²) >= 11 is 1.28. The van der Waals surface area contributed by atoms with Gasteiger partial charge in [-0.3, -0.25) is 14.4 Å². The Balaban J connectivity index is 1.42. The lowest BCUT2D eigenvalue weighted by Crippen LogP contribution is -2.40. The molecule has 3 aromatic rings. The quantitative estimate of drug-likeness (QED) is 0.611. The van der Waals surface area contributed by atoms with Crippen molar-refractivity contribution in [2.24, 2.45) is 5.92 Å². The number of piperidine rings is 1. The third-order valence-electron chi connectivity index (χ3n) is 5.36. The average Bonchev–Trinajstić information content (AvgIpc) is 3.23. The minimum Gasteiger partial charge on any atom is -0.466 e.